The highest BCUT2D eigenvalue weighted by atomic mass is 35.5. The van der Waals surface area contributed by atoms with E-state index in [1.165, 1.54) is 36.7 Å². The van der Waals surface area contributed by atoms with Crippen LogP contribution in [-0.4, -0.2) is 48.8 Å². The molecule has 2 unspecified atom stereocenters. The van der Waals surface area contributed by atoms with Gasteiger partial charge < -0.3 is 10.6 Å². The average molecular weight is 605 g/mol. The molecule has 2 atom stereocenters. The first-order valence-electron chi connectivity index (χ1n) is 11.4. The van der Waals surface area contributed by atoms with Crippen molar-refractivity contribution in [3.05, 3.63) is 69.1 Å². The number of hydrogen-bond acceptors (Lipinski definition) is 6. The molecule has 210 valence electrons. The zero-order valence-electron chi connectivity index (χ0n) is 21.2. The molecule has 0 saturated carbocycles. The number of carbonyl (C=O) groups is 2. The number of anilines is 1. The monoisotopic (exact) mass is 604 g/mol. The minimum absolute atomic E-state index is 0.0130. The highest BCUT2D eigenvalue weighted by Crippen LogP contribution is 2.32. The molecule has 0 aliphatic carbocycles. The number of aryl methyl sites for hydroxylation is 1. The van der Waals surface area contributed by atoms with Gasteiger partial charge in [-0.3, -0.25) is 18.6 Å². The van der Waals surface area contributed by atoms with E-state index in [9.17, 15) is 27.0 Å². The number of nitrogens with zero attached hydrogens (tertiary/aromatic N) is 3. The molecule has 0 bridgehead atoms. The van der Waals surface area contributed by atoms with Crippen LogP contribution in [0.15, 0.2) is 36.5 Å². The first-order chi connectivity index (χ1) is 18.0. The summed E-state index contributed by atoms with van der Waals surface area (Å²) in [6, 6.07) is 5.50. The molecule has 3 N–H and O–H groups in total. The van der Waals surface area contributed by atoms with Crippen LogP contribution in [-0.2, 0) is 15.9 Å². The van der Waals surface area contributed by atoms with Crippen LogP contribution in [0.4, 0.5) is 18.9 Å². The molecule has 0 aliphatic rings. The fourth-order valence-electron chi connectivity index (χ4n) is 3.63. The zero-order valence-corrected chi connectivity index (χ0v) is 23.5. The third kappa shape index (κ3) is 7.49. The van der Waals surface area contributed by atoms with E-state index in [1.54, 1.807) is 20.8 Å². The molecule has 3 rings (SSSR count). The maximum absolute atomic E-state index is 13.5. The number of amides is 2. The largest absolute Gasteiger partial charge is 0.435 e. The van der Waals surface area contributed by atoms with Gasteiger partial charge in [-0.2, -0.15) is 18.3 Å². The normalized spacial score (nSPS) is 14.1. The average Bonchev–Trinajstić information content (AvgIpc) is 3.25. The third-order valence-electron chi connectivity index (χ3n) is 5.57. The smallest absolute Gasteiger partial charge is 0.348 e. The van der Waals surface area contributed by atoms with Crippen molar-refractivity contribution in [1.82, 2.24) is 20.1 Å². The first kappa shape index (κ1) is 30.4. The summed E-state index contributed by atoms with van der Waals surface area (Å²) in [6.45, 7) is 5.11. The topological polar surface area (TPSA) is 130 Å². The Morgan fingerprint density at radius 1 is 1.18 bits per heavy atom. The lowest BCUT2D eigenvalue weighted by Crippen LogP contribution is -2.43. The van der Waals surface area contributed by atoms with Gasteiger partial charge in [-0.1, -0.05) is 37.0 Å². The number of pyridine rings is 1. The molecular formula is C24H25Cl2F3N6O3S. The predicted molar refractivity (Wildman–Crippen MR) is 143 cm³/mol. The number of rotatable bonds is 8. The van der Waals surface area contributed by atoms with Gasteiger partial charge in [-0.25, -0.2) is 9.67 Å². The summed E-state index contributed by atoms with van der Waals surface area (Å²) >= 11 is 12.3. The second kappa shape index (κ2) is 11.5. The Kier molecular flexibility index (Phi) is 8.98. The van der Waals surface area contributed by atoms with Gasteiger partial charge in [0, 0.05) is 39.3 Å². The Morgan fingerprint density at radius 3 is 2.41 bits per heavy atom. The molecule has 3 aromatic rings. The van der Waals surface area contributed by atoms with Gasteiger partial charge in [0.25, 0.3) is 11.8 Å². The second-order valence-electron chi connectivity index (χ2n) is 9.23. The van der Waals surface area contributed by atoms with Crippen molar-refractivity contribution in [2.75, 3.05) is 17.3 Å². The van der Waals surface area contributed by atoms with E-state index in [0.29, 0.717) is 16.3 Å². The number of halogens is 5. The van der Waals surface area contributed by atoms with E-state index in [1.807, 2.05) is 0 Å². The summed E-state index contributed by atoms with van der Waals surface area (Å²) in [6.07, 6.45) is -2.33. The van der Waals surface area contributed by atoms with Crippen molar-refractivity contribution in [3.63, 3.8) is 0 Å². The second-order valence-corrected chi connectivity index (χ2v) is 12.4. The Hall–Kier alpha value is -3.16. The molecule has 2 aromatic heterocycles. The minimum atomic E-state index is -4.87. The first-order valence-corrected chi connectivity index (χ1v) is 14.3. The third-order valence-corrected chi connectivity index (χ3v) is 7.08. The van der Waals surface area contributed by atoms with E-state index in [4.69, 9.17) is 28.0 Å². The van der Waals surface area contributed by atoms with Crippen LogP contribution < -0.4 is 10.6 Å². The standard InChI is InChI=1S/C24H25Cl2F3N6O3S/c1-12(2)17(11-39(4,30)38)32-22(36)15-9-14(25)8-13(3)20(15)33-23(37)18-10-19(24(27,28)29)34-35(18)21-16(26)6-5-7-31-21/h5-10,12,17,30H,11H2,1-4H3,(H,32,36)(H,33,37). The Labute approximate surface area is 233 Å². The van der Waals surface area contributed by atoms with Crippen LogP contribution in [0, 0.1) is 17.6 Å². The van der Waals surface area contributed by atoms with Gasteiger partial charge >= 0.3 is 6.18 Å². The Morgan fingerprint density at radius 2 is 1.85 bits per heavy atom. The lowest BCUT2D eigenvalue weighted by Gasteiger charge is -2.23. The lowest BCUT2D eigenvalue weighted by atomic mass is 10.0. The highest BCUT2D eigenvalue weighted by Gasteiger charge is 2.37. The van der Waals surface area contributed by atoms with Gasteiger partial charge in [0.05, 0.1) is 22.0 Å². The molecule has 15 heteroatoms. The summed E-state index contributed by atoms with van der Waals surface area (Å²) in [4.78, 5) is 30.6. The van der Waals surface area contributed by atoms with E-state index in [0.717, 1.165) is 0 Å². The molecule has 1 aromatic carbocycles. The number of benzene rings is 1. The summed E-state index contributed by atoms with van der Waals surface area (Å²) < 4.78 is 61.0. The summed E-state index contributed by atoms with van der Waals surface area (Å²) in [7, 11) is -2.95. The van der Waals surface area contributed by atoms with E-state index in [-0.39, 0.29) is 38.8 Å². The van der Waals surface area contributed by atoms with Crippen molar-refractivity contribution in [2.24, 2.45) is 5.92 Å². The fraction of sp³-hybridized carbons (Fsp3) is 0.333. The molecule has 39 heavy (non-hydrogen) atoms. The van der Waals surface area contributed by atoms with Gasteiger partial charge in [0.2, 0.25) is 0 Å². The SMILES string of the molecule is Cc1cc(Cl)cc(C(=O)NC(CS(C)(=N)=O)C(C)C)c1NC(=O)c1cc(C(F)(F)F)nn1-c1ncccc1Cl. The molecular weight excluding hydrogens is 580 g/mol. The molecule has 0 saturated heterocycles. The fourth-order valence-corrected chi connectivity index (χ4v) is 5.26. The van der Waals surface area contributed by atoms with Crippen LogP contribution in [0.1, 0.15) is 46.0 Å². The lowest BCUT2D eigenvalue weighted by molar-refractivity contribution is -0.141. The van der Waals surface area contributed by atoms with Gasteiger partial charge in [-0.05, 0) is 42.7 Å². The number of aromatic nitrogens is 3. The summed E-state index contributed by atoms with van der Waals surface area (Å²) in [5.74, 6) is -2.21. The van der Waals surface area contributed by atoms with Crippen molar-refractivity contribution in [2.45, 2.75) is 33.0 Å². The van der Waals surface area contributed by atoms with Gasteiger partial charge in [0.1, 0.15) is 5.69 Å². The molecule has 0 fully saturated rings. The van der Waals surface area contributed by atoms with Crippen molar-refractivity contribution in [3.8, 4) is 5.82 Å². The van der Waals surface area contributed by atoms with Crippen LogP contribution in [0.5, 0.6) is 0 Å². The van der Waals surface area contributed by atoms with Crippen LogP contribution in [0.2, 0.25) is 10.0 Å². The predicted octanol–water partition coefficient (Wildman–Crippen LogP) is 5.58. The Bertz CT molecular complexity index is 1520. The van der Waals surface area contributed by atoms with E-state index < -0.39 is 45.1 Å². The molecule has 0 aliphatic heterocycles. The van der Waals surface area contributed by atoms with E-state index in [2.05, 4.69) is 20.7 Å². The molecule has 2 amide bonds. The number of alkyl halides is 3. The molecule has 0 radical (unpaired) electrons. The van der Waals surface area contributed by atoms with Crippen LogP contribution >= 0.6 is 23.2 Å². The number of carbonyl (C=O) groups excluding carboxylic acids is 2. The molecule has 9 nitrogen and oxygen atoms in total. The molecule has 0 spiro atoms. The number of hydrogen-bond donors (Lipinski definition) is 3. The summed E-state index contributed by atoms with van der Waals surface area (Å²) in [5.41, 5.74) is -1.63. The van der Waals surface area contributed by atoms with Crippen molar-refractivity contribution in [1.29, 1.82) is 4.78 Å². The van der Waals surface area contributed by atoms with Crippen LogP contribution in [0.25, 0.3) is 5.82 Å². The van der Waals surface area contributed by atoms with Crippen molar-refractivity contribution < 1.29 is 27.0 Å². The quantitative estimate of drug-likeness (QED) is 0.309. The molecule has 2 heterocycles. The summed E-state index contributed by atoms with van der Waals surface area (Å²) in [5, 5.41) is 8.84. The van der Waals surface area contributed by atoms with Gasteiger partial charge in [0.15, 0.2) is 11.5 Å². The van der Waals surface area contributed by atoms with Gasteiger partial charge in [-0.15, -0.1) is 0 Å². The van der Waals surface area contributed by atoms with E-state index >= 15 is 0 Å². The maximum atomic E-state index is 13.5. The van der Waals surface area contributed by atoms with Crippen LogP contribution in [0.3, 0.4) is 0 Å². The highest BCUT2D eigenvalue weighted by molar-refractivity contribution is 7.91. The number of nitrogens with one attached hydrogen (secondary N) is 3. The maximum Gasteiger partial charge on any atom is 0.435 e. The minimum Gasteiger partial charge on any atom is -0.348 e. The van der Waals surface area contributed by atoms with Crippen molar-refractivity contribution >= 4 is 50.4 Å². The zero-order chi connectivity index (χ0) is 29.3. The Balaban J connectivity index is 2.05.